The van der Waals surface area contributed by atoms with Gasteiger partial charge in [0.2, 0.25) is 0 Å². The van der Waals surface area contributed by atoms with Gasteiger partial charge in [0.25, 0.3) is 5.91 Å². The number of rotatable bonds is 4. The first-order valence-electron chi connectivity index (χ1n) is 5.90. The second-order valence-corrected chi connectivity index (χ2v) is 4.47. The number of methoxy groups -OCH3 is 1. The molecule has 98 valence electrons. The number of aryl methyl sites for hydroxylation is 1. The van der Waals surface area contributed by atoms with Gasteiger partial charge in [0.05, 0.1) is 7.11 Å². The third-order valence-electron chi connectivity index (χ3n) is 2.71. The molecule has 1 aromatic rings. The van der Waals surface area contributed by atoms with E-state index in [1.807, 2.05) is 32.9 Å². The Hall–Kier alpha value is -1.84. The van der Waals surface area contributed by atoms with Crippen LogP contribution < -0.4 is 0 Å². The van der Waals surface area contributed by atoms with Crippen molar-refractivity contribution in [2.45, 2.75) is 26.8 Å². The molecule has 18 heavy (non-hydrogen) atoms. The van der Waals surface area contributed by atoms with Crippen molar-refractivity contribution in [1.29, 1.82) is 0 Å². The van der Waals surface area contributed by atoms with Gasteiger partial charge in [0.15, 0.2) is 0 Å². The highest BCUT2D eigenvalue weighted by Gasteiger charge is 2.21. The van der Waals surface area contributed by atoms with Gasteiger partial charge in [-0.3, -0.25) is 9.59 Å². The molecule has 0 aliphatic heterocycles. The molecule has 0 radical (unpaired) electrons. The summed E-state index contributed by atoms with van der Waals surface area (Å²) in [6.07, 6.45) is 0. The van der Waals surface area contributed by atoms with Crippen LogP contribution in [0.1, 0.15) is 29.8 Å². The van der Waals surface area contributed by atoms with Crippen molar-refractivity contribution in [3.8, 4) is 0 Å². The van der Waals surface area contributed by atoms with Crippen molar-refractivity contribution in [1.82, 2.24) is 4.90 Å². The normalized spacial score (nSPS) is 10.3. The quantitative estimate of drug-likeness (QED) is 0.767. The van der Waals surface area contributed by atoms with E-state index in [0.29, 0.717) is 5.56 Å². The predicted octanol–water partition coefficient (Wildman–Crippen LogP) is 2.02. The molecular formula is C14H19NO3. The van der Waals surface area contributed by atoms with E-state index >= 15 is 0 Å². The van der Waals surface area contributed by atoms with Crippen molar-refractivity contribution in [3.63, 3.8) is 0 Å². The summed E-state index contributed by atoms with van der Waals surface area (Å²) >= 11 is 0. The van der Waals surface area contributed by atoms with Crippen LogP contribution in [0.4, 0.5) is 0 Å². The second-order valence-electron chi connectivity index (χ2n) is 4.47. The van der Waals surface area contributed by atoms with Crippen molar-refractivity contribution >= 4 is 11.9 Å². The van der Waals surface area contributed by atoms with E-state index in [2.05, 4.69) is 4.74 Å². The monoisotopic (exact) mass is 249 g/mol. The van der Waals surface area contributed by atoms with Crippen LogP contribution in [-0.2, 0) is 9.53 Å². The summed E-state index contributed by atoms with van der Waals surface area (Å²) in [5.74, 6) is -0.570. The number of carbonyl (C=O) groups excluding carboxylic acids is 2. The molecule has 0 saturated carbocycles. The molecule has 4 heteroatoms. The zero-order valence-electron chi connectivity index (χ0n) is 11.3. The van der Waals surface area contributed by atoms with E-state index in [0.717, 1.165) is 5.56 Å². The maximum Gasteiger partial charge on any atom is 0.325 e. The molecule has 0 aromatic heterocycles. The molecule has 0 aliphatic rings. The topological polar surface area (TPSA) is 46.6 Å². The molecule has 1 amide bonds. The summed E-state index contributed by atoms with van der Waals surface area (Å²) < 4.78 is 4.60. The number of hydrogen-bond donors (Lipinski definition) is 0. The van der Waals surface area contributed by atoms with Gasteiger partial charge in [-0.25, -0.2) is 0 Å². The van der Waals surface area contributed by atoms with E-state index < -0.39 is 5.97 Å². The average molecular weight is 249 g/mol. The standard InChI is InChI=1S/C14H19NO3/c1-10(2)15(9-13(16)18-4)14(17)12-7-5-11(3)6-8-12/h5-8,10H,9H2,1-4H3. The molecule has 0 saturated heterocycles. The van der Waals surface area contributed by atoms with Crippen molar-refractivity contribution in [3.05, 3.63) is 35.4 Å². The molecule has 0 bridgehead atoms. The van der Waals surface area contributed by atoms with Crippen molar-refractivity contribution < 1.29 is 14.3 Å². The summed E-state index contributed by atoms with van der Waals surface area (Å²) in [7, 11) is 1.32. The summed E-state index contributed by atoms with van der Waals surface area (Å²) in [6.45, 7) is 5.67. The van der Waals surface area contributed by atoms with Crippen LogP contribution >= 0.6 is 0 Å². The first-order chi connectivity index (χ1) is 8.45. The van der Waals surface area contributed by atoms with Gasteiger partial charge in [0, 0.05) is 11.6 Å². The van der Waals surface area contributed by atoms with Crippen LogP contribution in [0.5, 0.6) is 0 Å². The fourth-order valence-electron chi connectivity index (χ4n) is 1.55. The molecule has 0 fully saturated rings. The van der Waals surface area contributed by atoms with Gasteiger partial charge in [-0.1, -0.05) is 17.7 Å². The maximum absolute atomic E-state index is 12.3. The molecule has 0 atom stereocenters. The number of carbonyl (C=O) groups is 2. The number of ether oxygens (including phenoxy) is 1. The Kier molecular flexibility index (Phi) is 4.89. The largest absolute Gasteiger partial charge is 0.468 e. The van der Waals surface area contributed by atoms with Gasteiger partial charge in [-0.05, 0) is 32.9 Å². The Morgan fingerprint density at radius 1 is 1.22 bits per heavy atom. The Balaban J connectivity index is 2.89. The predicted molar refractivity (Wildman–Crippen MR) is 69.4 cm³/mol. The van der Waals surface area contributed by atoms with Crippen LogP contribution in [0.25, 0.3) is 0 Å². The van der Waals surface area contributed by atoms with Gasteiger partial charge >= 0.3 is 5.97 Å². The molecule has 0 aliphatic carbocycles. The zero-order chi connectivity index (χ0) is 13.7. The summed E-state index contributed by atoms with van der Waals surface area (Å²) in [5.41, 5.74) is 1.67. The highest BCUT2D eigenvalue weighted by molar-refractivity contribution is 5.96. The number of hydrogen-bond acceptors (Lipinski definition) is 3. The molecule has 1 aromatic carbocycles. The van der Waals surface area contributed by atoms with E-state index in [9.17, 15) is 9.59 Å². The Bertz CT molecular complexity index is 423. The van der Waals surface area contributed by atoms with Gasteiger partial charge in [-0.2, -0.15) is 0 Å². The summed E-state index contributed by atoms with van der Waals surface area (Å²) in [5, 5.41) is 0. The smallest absolute Gasteiger partial charge is 0.325 e. The van der Waals surface area contributed by atoms with Crippen molar-refractivity contribution in [2.24, 2.45) is 0 Å². The average Bonchev–Trinajstić information content (AvgIpc) is 2.35. The van der Waals surface area contributed by atoms with Crippen LogP contribution in [-0.4, -0.2) is 36.5 Å². The van der Waals surface area contributed by atoms with Crippen LogP contribution in [0.3, 0.4) is 0 Å². The number of esters is 1. The molecule has 0 heterocycles. The highest BCUT2D eigenvalue weighted by Crippen LogP contribution is 2.10. The molecule has 0 spiro atoms. The SMILES string of the molecule is COC(=O)CN(C(=O)c1ccc(C)cc1)C(C)C. The molecule has 0 N–H and O–H groups in total. The third-order valence-corrected chi connectivity index (χ3v) is 2.71. The minimum Gasteiger partial charge on any atom is -0.468 e. The molecule has 0 unspecified atom stereocenters. The van der Waals surface area contributed by atoms with E-state index in [1.165, 1.54) is 12.0 Å². The maximum atomic E-state index is 12.3. The lowest BCUT2D eigenvalue weighted by Gasteiger charge is -2.25. The van der Waals surface area contributed by atoms with Gasteiger partial charge in [0.1, 0.15) is 6.54 Å². The lowest BCUT2D eigenvalue weighted by Crippen LogP contribution is -2.41. The van der Waals surface area contributed by atoms with Crippen LogP contribution in [0.2, 0.25) is 0 Å². The minimum atomic E-state index is -0.413. The summed E-state index contributed by atoms with van der Waals surface area (Å²) in [4.78, 5) is 25.1. The zero-order valence-corrected chi connectivity index (χ0v) is 11.3. The number of nitrogens with zero attached hydrogens (tertiary/aromatic N) is 1. The van der Waals surface area contributed by atoms with E-state index in [-0.39, 0.29) is 18.5 Å². The van der Waals surface area contributed by atoms with Crippen LogP contribution in [0, 0.1) is 6.92 Å². The van der Waals surface area contributed by atoms with Gasteiger partial charge in [-0.15, -0.1) is 0 Å². The minimum absolute atomic E-state index is 0.0269. The number of amides is 1. The first-order valence-corrected chi connectivity index (χ1v) is 5.90. The van der Waals surface area contributed by atoms with Gasteiger partial charge < -0.3 is 9.64 Å². The Morgan fingerprint density at radius 3 is 2.22 bits per heavy atom. The van der Waals surface area contributed by atoms with Crippen LogP contribution in [0.15, 0.2) is 24.3 Å². The highest BCUT2D eigenvalue weighted by atomic mass is 16.5. The molecular weight excluding hydrogens is 230 g/mol. The fraction of sp³-hybridized carbons (Fsp3) is 0.429. The second kappa shape index (κ2) is 6.19. The van der Waals surface area contributed by atoms with Crippen molar-refractivity contribution in [2.75, 3.05) is 13.7 Å². The molecule has 1 rings (SSSR count). The first kappa shape index (κ1) is 14.2. The Morgan fingerprint density at radius 2 is 1.78 bits per heavy atom. The number of benzene rings is 1. The van der Waals surface area contributed by atoms with E-state index in [4.69, 9.17) is 0 Å². The third kappa shape index (κ3) is 3.58. The lowest BCUT2D eigenvalue weighted by atomic mass is 10.1. The molecule has 4 nitrogen and oxygen atoms in total. The fourth-order valence-corrected chi connectivity index (χ4v) is 1.55. The lowest BCUT2D eigenvalue weighted by molar-refractivity contribution is -0.141. The summed E-state index contributed by atoms with van der Waals surface area (Å²) in [6, 6.07) is 7.24. The Labute approximate surface area is 108 Å². The van der Waals surface area contributed by atoms with E-state index in [1.54, 1.807) is 12.1 Å².